The highest BCUT2D eigenvalue weighted by Gasteiger charge is 2.02. The van der Waals surface area contributed by atoms with Crippen molar-refractivity contribution in [2.45, 2.75) is 19.8 Å². The normalized spacial score (nSPS) is 10.8. The van der Waals surface area contributed by atoms with Gasteiger partial charge < -0.3 is 4.98 Å². The molecule has 2 aromatic rings. The van der Waals surface area contributed by atoms with Gasteiger partial charge in [-0.05, 0) is 17.5 Å². The van der Waals surface area contributed by atoms with Crippen molar-refractivity contribution in [2.75, 3.05) is 0 Å². The second-order valence-corrected chi connectivity index (χ2v) is 3.57. The van der Waals surface area contributed by atoms with Gasteiger partial charge in [-0.1, -0.05) is 19.9 Å². The average molecular weight is 187 g/mol. The fourth-order valence-corrected chi connectivity index (χ4v) is 1.29. The van der Waals surface area contributed by atoms with Crippen LogP contribution in [0.25, 0.3) is 11.5 Å². The summed E-state index contributed by atoms with van der Waals surface area (Å²) in [4.78, 5) is 11.5. The topological polar surface area (TPSA) is 41.6 Å². The molecular formula is C11H13N3. The molecule has 0 aliphatic heterocycles. The Morgan fingerprint density at radius 3 is 2.57 bits per heavy atom. The van der Waals surface area contributed by atoms with Crippen LogP contribution in [0.2, 0.25) is 0 Å². The molecule has 0 bridgehead atoms. The smallest absolute Gasteiger partial charge is 0.155 e. The summed E-state index contributed by atoms with van der Waals surface area (Å²) < 4.78 is 0. The van der Waals surface area contributed by atoms with Gasteiger partial charge in [0.2, 0.25) is 0 Å². The molecule has 0 amide bonds. The van der Waals surface area contributed by atoms with Gasteiger partial charge in [0.15, 0.2) is 5.82 Å². The summed E-state index contributed by atoms with van der Waals surface area (Å²) in [6.07, 6.45) is 5.43. The maximum absolute atomic E-state index is 4.35. The molecule has 0 saturated carbocycles. The van der Waals surface area contributed by atoms with E-state index in [9.17, 15) is 0 Å². The standard InChI is InChI=1S/C11H13N3/c1-8(2)9-3-4-10(14-7-9)11-12-5-6-13-11/h3-8H,1-2H3,(H,12,13). The van der Waals surface area contributed by atoms with Gasteiger partial charge in [0.05, 0.1) is 0 Å². The third kappa shape index (κ3) is 1.66. The predicted molar refractivity (Wildman–Crippen MR) is 55.9 cm³/mol. The Morgan fingerprint density at radius 1 is 1.21 bits per heavy atom. The molecule has 0 fully saturated rings. The van der Waals surface area contributed by atoms with Crippen LogP contribution in [0.4, 0.5) is 0 Å². The number of aromatic amines is 1. The molecule has 1 N–H and O–H groups in total. The fraction of sp³-hybridized carbons (Fsp3) is 0.273. The van der Waals surface area contributed by atoms with Crippen LogP contribution in [0.1, 0.15) is 25.3 Å². The van der Waals surface area contributed by atoms with Crippen molar-refractivity contribution >= 4 is 0 Å². The van der Waals surface area contributed by atoms with Gasteiger partial charge in [0, 0.05) is 18.6 Å². The van der Waals surface area contributed by atoms with E-state index in [2.05, 4.69) is 34.9 Å². The Kier molecular flexibility index (Phi) is 2.31. The van der Waals surface area contributed by atoms with Gasteiger partial charge in [-0.2, -0.15) is 0 Å². The monoisotopic (exact) mass is 187 g/mol. The van der Waals surface area contributed by atoms with Gasteiger partial charge in [-0.25, -0.2) is 4.98 Å². The Labute approximate surface area is 83.2 Å². The van der Waals surface area contributed by atoms with Crippen molar-refractivity contribution in [1.82, 2.24) is 15.0 Å². The number of H-pyrrole nitrogens is 1. The highest BCUT2D eigenvalue weighted by Crippen LogP contribution is 2.16. The second-order valence-electron chi connectivity index (χ2n) is 3.57. The van der Waals surface area contributed by atoms with Crippen LogP contribution in [0.3, 0.4) is 0 Å². The van der Waals surface area contributed by atoms with Crippen molar-refractivity contribution in [2.24, 2.45) is 0 Å². The SMILES string of the molecule is CC(C)c1ccc(-c2ncc[nH]2)nc1. The van der Waals surface area contributed by atoms with E-state index in [4.69, 9.17) is 0 Å². The average Bonchev–Trinajstić information content (AvgIpc) is 2.71. The molecule has 14 heavy (non-hydrogen) atoms. The maximum Gasteiger partial charge on any atom is 0.155 e. The molecule has 0 spiro atoms. The molecule has 0 radical (unpaired) electrons. The number of nitrogens with zero attached hydrogens (tertiary/aromatic N) is 2. The third-order valence-electron chi connectivity index (χ3n) is 2.19. The van der Waals surface area contributed by atoms with E-state index >= 15 is 0 Å². The Bertz CT molecular complexity index is 387. The highest BCUT2D eigenvalue weighted by molar-refractivity contribution is 5.48. The quantitative estimate of drug-likeness (QED) is 0.785. The van der Waals surface area contributed by atoms with Gasteiger partial charge in [-0.15, -0.1) is 0 Å². The first-order valence-corrected chi connectivity index (χ1v) is 4.73. The third-order valence-corrected chi connectivity index (χ3v) is 2.19. The summed E-state index contributed by atoms with van der Waals surface area (Å²) in [5.41, 5.74) is 2.14. The predicted octanol–water partition coefficient (Wildman–Crippen LogP) is 2.60. The van der Waals surface area contributed by atoms with E-state index in [-0.39, 0.29) is 0 Å². The Balaban J connectivity index is 2.31. The summed E-state index contributed by atoms with van der Waals surface area (Å²) >= 11 is 0. The summed E-state index contributed by atoms with van der Waals surface area (Å²) in [6.45, 7) is 4.31. The Hall–Kier alpha value is -1.64. The van der Waals surface area contributed by atoms with E-state index in [1.807, 2.05) is 12.3 Å². The zero-order valence-corrected chi connectivity index (χ0v) is 8.36. The number of hydrogen-bond acceptors (Lipinski definition) is 2. The van der Waals surface area contributed by atoms with E-state index in [1.54, 1.807) is 12.4 Å². The zero-order chi connectivity index (χ0) is 9.97. The van der Waals surface area contributed by atoms with Crippen LogP contribution in [-0.2, 0) is 0 Å². The van der Waals surface area contributed by atoms with Crippen molar-refractivity contribution in [1.29, 1.82) is 0 Å². The van der Waals surface area contributed by atoms with Gasteiger partial charge in [0.1, 0.15) is 5.69 Å². The molecule has 0 aromatic carbocycles. The van der Waals surface area contributed by atoms with Crippen molar-refractivity contribution in [3.63, 3.8) is 0 Å². The lowest BCUT2D eigenvalue weighted by Gasteiger charge is -2.04. The van der Waals surface area contributed by atoms with Crippen molar-refractivity contribution in [3.05, 3.63) is 36.3 Å². The first-order valence-electron chi connectivity index (χ1n) is 4.73. The minimum absolute atomic E-state index is 0.521. The van der Waals surface area contributed by atoms with Crippen molar-refractivity contribution < 1.29 is 0 Å². The lowest BCUT2D eigenvalue weighted by Crippen LogP contribution is -1.91. The largest absolute Gasteiger partial charge is 0.343 e. The number of rotatable bonds is 2. The molecule has 2 heterocycles. The molecule has 0 saturated heterocycles. The molecule has 0 unspecified atom stereocenters. The van der Waals surface area contributed by atoms with Gasteiger partial charge in [0.25, 0.3) is 0 Å². The van der Waals surface area contributed by atoms with Gasteiger partial charge >= 0.3 is 0 Å². The number of nitrogens with one attached hydrogen (secondary N) is 1. The summed E-state index contributed by atoms with van der Waals surface area (Å²) in [5, 5.41) is 0. The summed E-state index contributed by atoms with van der Waals surface area (Å²) in [7, 11) is 0. The van der Waals surface area contributed by atoms with Crippen LogP contribution in [0.15, 0.2) is 30.7 Å². The van der Waals surface area contributed by atoms with E-state index in [0.717, 1.165) is 11.5 Å². The number of imidazole rings is 1. The van der Waals surface area contributed by atoms with E-state index in [0.29, 0.717) is 5.92 Å². The first-order chi connectivity index (χ1) is 6.77. The van der Waals surface area contributed by atoms with Crippen LogP contribution >= 0.6 is 0 Å². The first kappa shape index (κ1) is 8.94. The molecule has 3 nitrogen and oxygen atoms in total. The minimum Gasteiger partial charge on any atom is -0.343 e. The Morgan fingerprint density at radius 2 is 2.07 bits per heavy atom. The minimum atomic E-state index is 0.521. The second kappa shape index (κ2) is 3.62. The zero-order valence-electron chi connectivity index (χ0n) is 8.36. The molecule has 3 heteroatoms. The van der Waals surface area contributed by atoms with Crippen LogP contribution < -0.4 is 0 Å². The maximum atomic E-state index is 4.35. The summed E-state index contributed by atoms with van der Waals surface area (Å²) in [5.74, 6) is 1.34. The van der Waals surface area contributed by atoms with Gasteiger partial charge in [-0.3, -0.25) is 4.98 Å². The fourth-order valence-electron chi connectivity index (χ4n) is 1.29. The lowest BCUT2D eigenvalue weighted by molar-refractivity contribution is 0.858. The number of hydrogen-bond donors (Lipinski definition) is 1. The molecule has 2 rings (SSSR count). The summed E-state index contributed by atoms with van der Waals surface area (Å²) in [6, 6.07) is 4.09. The van der Waals surface area contributed by atoms with Crippen molar-refractivity contribution in [3.8, 4) is 11.5 Å². The molecule has 0 atom stereocenters. The lowest BCUT2D eigenvalue weighted by atomic mass is 10.1. The molecule has 72 valence electrons. The molecule has 0 aliphatic rings. The highest BCUT2D eigenvalue weighted by atomic mass is 14.9. The van der Waals surface area contributed by atoms with Crippen LogP contribution in [0.5, 0.6) is 0 Å². The van der Waals surface area contributed by atoms with E-state index in [1.165, 1.54) is 5.56 Å². The molecule has 2 aromatic heterocycles. The molecule has 0 aliphatic carbocycles. The number of pyridine rings is 1. The number of aromatic nitrogens is 3. The van der Waals surface area contributed by atoms with E-state index < -0.39 is 0 Å². The van der Waals surface area contributed by atoms with Crippen LogP contribution in [-0.4, -0.2) is 15.0 Å². The molecular weight excluding hydrogens is 174 g/mol. The van der Waals surface area contributed by atoms with Crippen LogP contribution in [0, 0.1) is 0 Å².